The molecule has 3 heterocycles. The van der Waals surface area contributed by atoms with Crippen molar-refractivity contribution in [2.45, 2.75) is 61.2 Å². The van der Waals surface area contributed by atoms with Crippen LogP contribution in [0.2, 0.25) is 0 Å². The number of carbonyl (C=O) groups excluding carboxylic acids is 3. The highest BCUT2D eigenvalue weighted by molar-refractivity contribution is 8.01. The van der Waals surface area contributed by atoms with E-state index in [2.05, 4.69) is 31.3 Å². The summed E-state index contributed by atoms with van der Waals surface area (Å²) in [5, 5.41) is 26.5. The van der Waals surface area contributed by atoms with E-state index in [-0.39, 0.29) is 29.4 Å². The van der Waals surface area contributed by atoms with Crippen LogP contribution in [-0.4, -0.2) is 101 Å². The van der Waals surface area contributed by atoms with Crippen LogP contribution in [0.3, 0.4) is 0 Å². The summed E-state index contributed by atoms with van der Waals surface area (Å²) in [5.41, 5.74) is 0.367. The fraction of sp³-hybridized carbons (Fsp3) is 0.458. The predicted octanol–water partition coefficient (Wildman–Crippen LogP) is 0.554. The molecule has 2 aliphatic rings. The molecule has 3 amide bonds. The minimum atomic E-state index is -4.56. The van der Waals surface area contributed by atoms with Crippen molar-refractivity contribution in [2.75, 3.05) is 11.5 Å². The lowest BCUT2D eigenvalue weighted by Crippen LogP contribution is -2.70. The van der Waals surface area contributed by atoms with E-state index in [0.717, 1.165) is 34.0 Å². The Kier molecular flexibility index (Phi) is 9.67. The summed E-state index contributed by atoms with van der Waals surface area (Å²) < 4.78 is 38.2. The van der Waals surface area contributed by atoms with Gasteiger partial charge in [-0.3, -0.25) is 19.0 Å². The van der Waals surface area contributed by atoms with E-state index < -0.39 is 67.7 Å². The standard InChI is InChI=1S/C24H29N7O9S3/c1-24(2,3)40-23(36)25-9-13-6-4-5-12(7-13)8-16(32)26-17-19(33)31-18(21(34)35)14(10-41-20(17)31)15(11-43(37,38)39)42-22-27-29-30-28-22/h4-7,15,17,20H,8-11H2,1-3H3,(H,25,36)(H,26,32)(H,34,35)(H,37,38,39)(H,27,28,29,30)/t15?,17?,20-/m0/s1. The lowest BCUT2D eigenvalue weighted by molar-refractivity contribution is -0.150. The van der Waals surface area contributed by atoms with Gasteiger partial charge < -0.3 is 20.5 Å². The van der Waals surface area contributed by atoms with Crippen LogP contribution in [0.1, 0.15) is 31.9 Å². The number of aromatic amines is 1. The van der Waals surface area contributed by atoms with Crippen LogP contribution in [0.5, 0.6) is 0 Å². The van der Waals surface area contributed by atoms with Gasteiger partial charge in [-0.15, -0.1) is 22.0 Å². The van der Waals surface area contributed by atoms with Gasteiger partial charge in [-0.25, -0.2) is 9.59 Å². The molecule has 0 bridgehead atoms. The minimum absolute atomic E-state index is 0.000181. The number of carboxylic acid groups (broad SMARTS) is 1. The molecular formula is C24H29N7O9S3. The van der Waals surface area contributed by atoms with Crippen molar-refractivity contribution in [2.24, 2.45) is 0 Å². The summed E-state index contributed by atoms with van der Waals surface area (Å²) >= 11 is 1.92. The summed E-state index contributed by atoms with van der Waals surface area (Å²) in [6, 6.07) is 5.94. The van der Waals surface area contributed by atoms with Crippen LogP contribution >= 0.6 is 23.5 Å². The zero-order valence-electron chi connectivity index (χ0n) is 23.1. The Balaban J connectivity index is 1.42. The van der Waals surface area contributed by atoms with Crippen LogP contribution in [0.4, 0.5) is 4.79 Å². The van der Waals surface area contributed by atoms with Crippen LogP contribution in [0, 0.1) is 0 Å². The average Bonchev–Trinajstić information content (AvgIpc) is 3.41. The molecule has 19 heteroatoms. The molecule has 43 heavy (non-hydrogen) atoms. The predicted molar refractivity (Wildman–Crippen MR) is 153 cm³/mol. The molecule has 2 unspecified atom stereocenters. The smallest absolute Gasteiger partial charge is 0.407 e. The first-order valence-corrected chi connectivity index (χ1v) is 16.3. The number of aliphatic carboxylic acids is 1. The molecule has 232 valence electrons. The first kappa shape index (κ1) is 32.2. The Morgan fingerprint density at radius 1 is 1.28 bits per heavy atom. The van der Waals surface area contributed by atoms with Gasteiger partial charge in [0, 0.05) is 12.3 Å². The second-order valence-electron chi connectivity index (χ2n) is 10.5. The van der Waals surface area contributed by atoms with E-state index >= 15 is 0 Å². The summed E-state index contributed by atoms with van der Waals surface area (Å²) in [7, 11) is -4.56. The molecule has 0 aliphatic carbocycles. The Hall–Kier alpha value is -3.68. The fourth-order valence-corrected chi connectivity index (χ4v) is 8.04. The van der Waals surface area contributed by atoms with E-state index in [1.165, 1.54) is 0 Å². The third-order valence-corrected chi connectivity index (χ3v) is 9.42. The van der Waals surface area contributed by atoms with Crippen molar-refractivity contribution in [3.05, 3.63) is 46.7 Å². The highest BCUT2D eigenvalue weighted by Crippen LogP contribution is 2.43. The highest BCUT2D eigenvalue weighted by atomic mass is 32.2. The quantitative estimate of drug-likeness (QED) is 0.126. The number of hydrogen-bond donors (Lipinski definition) is 5. The molecule has 2 aliphatic heterocycles. The third kappa shape index (κ3) is 8.46. The van der Waals surface area contributed by atoms with Gasteiger partial charge in [0.05, 0.1) is 17.4 Å². The van der Waals surface area contributed by atoms with Crippen LogP contribution in [-0.2, 0) is 42.2 Å². The number of fused-ring (bicyclic) bond motifs is 1. The van der Waals surface area contributed by atoms with Crippen molar-refractivity contribution in [3.8, 4) is 0 Å². The van der Waals surface area contributed by atoms with Crippen molar-refractivity contribution in [1.82, 2.24) is 36.2 Å². The summed E-state index contributed by atoms with van der Waals surface area (Å²) in [6.07, 6.45) is -0.657. The minimum Gasteiger partial charge on any atom is -0.477 e. The maximum Gasteiger partial charge on any atom is 0.407 e. The van der Waals surface area contributed by atoms with E-state index in [1.54, 1.807) is 45.0 Å². The van der Waals surface area contributed by atoms with Gasteiger partial charge in [0.2, 0.25) is 11.1 Å². The first-order valence-electron chi connectivity index (χ1n) is 12.7. The number of amides is 3. The molecule has 3 atom stereocenters. The summed E-state index contributed by atoms with van der Waals surface area (Å²) in [4.78, 5) is 51.2. The molecule has 0 spiro atoms. The van der Waals surface area contributed by atoms with Crippen molar-refractivity contribution < 1.29 is 42.0 Å². The van der Waals surface area contributed by atoms with Crippen molar-refractivity contribution in [3.63, 3.8) is 0 Å². The second-order valence-corrected chi connectivity index (χ2v) is 14.3. The van der Waals surface area contributed by atoms with E-state index in [4.69, 9.17) is 4.74 Å². The van der Waals surface area contributed by atoms with Crippen molar-refractivity contribution in [1.29, 1.82) is 0 Å². The van der Waals surface area contributed by atoms with Crippen LogP contribution < -0.4 is 10.6 Å². The molecule has 16 nitrogen and oxygen atoms in total. The number of aromatic nitrogens is 4. The Morgan fingerprint density at radius 3 is 2.63 bits per heavy atom. The highest BCUT2D eigenvalue weighted by Gasteiger charge is 2.55. The van der Waals surface area contributed by atoms with E-state index in [0.29, 0.717) is 5.56 Å². The summed E-state index contributed by atoms with van der Waals surface area (Å²) in [6.45, 7) is 5.42. The number of nitrogens with zero attached hydrogens (tertiary/aromatic N) is 4. The number of carboxylic acids is 1. The zero-order chi connectivity index (χ0) is 31.5. The van der Waals surface area contributed by atoms with E-state index in [9.17, 15) is 37.3 Å². The maximum atomic E-state index is 13.1. The number of hydrogen-bond acceptors (Lipinski definition) is 12. The summed E-state index contributed by atoms with van der Waals surface area (Å²) in [5.74, 6) is -3.47. The average molecular weight is 656 g/mol. The van der Waals surface area contributed by atoms with Gasteiger partial charge in [-0.2, -0.15) is 13.6 Å². The van der Waals surface area contributed by atoms with Crippen LogP contribution in [0.15, 0.2) is 40.7 Å². The fourth-order valence-electron chi connectivity index (χ4n) is 4.36. The lowest BCUT2D eigenvalue weighted by atomic mass is 10.0. The van der Waals surface area contributed by atoms with Gasteiger partial charge in [0.25, 0.3) is 16.0 Å². The number of ether oxygens (including phenoxy) is 1. The molecule has 0 saturated carbocycles. The van der Waals surface area contributed by atoms with Gasteiger partial charge >= 0.3 is 12.1 Å². The number of benzene rings is 1. The number of thioether (sulfide) groups is 2. The molecule has 1 aromatic carbocycles. The number of rotatable bonds is 11. The van der Waals surface area contributed by atoms with Gasteiger partial charge in [0.15, 0.2) is 0 Å². The number of H-pyrrole nitrogens is 1. The third-order valence-electron chi connectivity index (χ3n) is 6.03. The molecule has 1 fully saturated rings. The second kappa shape index (κ2) is 12.9. The van der Waals surface area contributed by atoms with Gasteiger partial charge in [-0.05, 0) is 42.7 Å². The molecule has 1 saturated heterocycles. The molecule has 2 aromatic rings. The number of β-lactam (4-membered cyclic amide) rings is 1. The lowest BCUT2D eigenvalue weighted by Gasteiger charge is -2.50. The zero-order valence-corrected chi connectivity index (χ0v) is 25.6. The Morgan fingerprint density at radius 2 is 2.00 bits per heavy atom. The Labute approximate surface area is 254 Å². The monoisotopic (exact) mass is 655 g/mol. The van der Waals surface area contributed by atoms with Gasteiger partial charge in [0.1, 0.15) is 22.7 Å². The molecular weight excluding hydrogens is 627 g/mol. The van der Waals surface area contributed by atoms with Crippen molar-refractivity contribution >= 4 is 57.5 Å². The largest absolute Gasteiger partial charge is 0.477 e. The number of nitrogens with one attached hydrogen (secondary N) is 3. The number of carbonyl (C=O) groups is 4. The normalized spacial score (nSPS) is 19.3. The SMILES string of the molecule is CC(C)(C)OC(=O)NCc1cccc(CC(=O)NC2C(=O)N3C(C(=O)O)=C(C(CS(=O)(=O)O)Sc4nn[nH]n4)CS[C@@H]23)c1. The molecule has 4 rings (SSSR count). The van der Waals surface area contributed by atoms with E-state index in [1.807, 2.05) is 0 Å². The number of tetrazole rings is 1. The number of alkyl carbamates (subject to hydrolysis) is 1. The Bertz CT molecular complexity index is 1540. The molecule has 0 radical (unpaired) electrons. The molecule has 1 aromatic heterocycles. The van der Waals surface area contributed by atoms with Gasteiger partial charge in [-0.1, -0.05) is 36.0 Å². The van der Waals surface area contributed by atoms with Crippen LogP contribution in [0.25, 0.3) is 0 Å². The topological polar surface area (TPSA) is 234 Å². The maximum absolute atomic E-state index is 13.1. The first-order chi connectivity index (χ1) is 20.1. The molecule has 5 N–H and O–H groups in total.